The second kappa shape index (κ2) is 13.6. The number of carbonyl (C=O) groups excluding carboxylic acids is 2. The number of benzene rings is 2. The van der Waals surface area contributed by atoms with E-state index in [2.05, 4.69) is 23.3 Å². The van der Waals surface area contributed by atoms with Gasteiger partial charge in [-0.3, -0.25) is 14.6 Å². The van der Waals surface area contributed by atoms with Crippen molar-refractivity contribution in [3.05, 3.63) is 109 Å². The number of nitrogens with zero attached hydrogens (tertiary/aromatic N) is 2. The number of allylic oxidation sites excluding steroid dienone is 9. The largest absolute Gasteiger partial charge is 0.870 e. The predicted molar refractivity (Wildman–Crippen MR) is 136 cm³/mol. The van der Waals surface area contributed by atoms with Crippen LogP contribution in [-0.2, 0) is 9.59 Å². The number of aliphatic imine (C=N–C) groups is 2. The van der Waals surface area contributed by atoms with Gasteiger partial charge in [0.2, 0.25) is 0 Å². The van der Waals surface area contributed by atoms with Crippen molar-refractivity contribution in [1.29, 1.82) is 0 Å². The molecule has 2 aromatic rings. The third-order valence-corrected chi connectivity index (χ3v) is 3.99. The van der Waals surface area contributed by atoms with Crippen LogP contribution in [0, 0.1) is 0 Å². The number of hydrogen-bond acceptors (Lipinski definition) is 7. The first-order valence-corrected chi connectivity index (χ1v) is 9.61. The Morgan fingerprint density at radius 3 is 1.39 bits per heavy atom. The second-order valence-electron chi connectivity index (χ2n) is 6.59. The highest BCUT2D eigenvalue weighted by atomic mass is 16.1. The maximum absolute atomic E-state index is 10.3. The number of hydrogen-bond donors (Lipinski definition) is 2. The topological polar surface area (TPSA) is 141 Å². The Bertz CT molecular complexity index is 1060. The van der Waals surface area contributed by atoms with Gasteiger partial charge in [0.25, 0.3) is 0 Å². The summed E-state index contributed by atoms with van der Waals surface area (Å²) in [4.78, 5) is 28.9. The number of rotatable bonds is 2. The smallest absolute Gasteiger partial charge is 0.178 e. The summed E-state index contributed by atoms with van der Waals surface area (Å²) in [6, 6.07) is 14.7. The first kappa shape index (κ1) is 26.4. The third-order valence-electron chi connectivity index (χ3n) is 3.99. The molecule has 2 aliphatic carbocycles. The van der Waals surface area contributed by atoms with Crippen LogP contribution in [0.25, 0.3) is 0 Å². The van der Waals surface area contributed by atoms with E-state index < -0.39 is 0 Å². The lowest BCUT2D eigenvalue weighted by Gasteiger charge is -2.01. The number of carbonyl (C=O) groups is 2. The lowest BCUT2D eigenvalue weighted by molar-refractivity contribution is -0.113. The van der Waals surface area contributed by atoms with Crippen LogP contribution in [0.2, 0.25) is 0 Å². The first-order valence-electron chi connectivity index (χ1n) is 9.61. The summed E-state index contributed by atoms with van der Waals surface area (Å²) in [5.41, 5.74) is 15.9. The molecule has 0 fully saturated rings. The molecule has 0 unspecified atom stereocenters. The van der Waals surface area contributed by atoms with Crippen LogP contribution in [-0.4, -0.2) is 29.5 Å². The van der Waals surface area contributed by atoms with Crippen LogP contribution in [0.1, 0.15) is 0 Å². The quantitative estimate of drug-likeness (QED) is 0.395. The highest BCUT2D eigenvalue weighted by Gasteiger charge is 1.98. The lowest BCUT2D eigenvalue weighted by Crippen LogP contribution is -1.97. The molecule has 0 aliphatic heterocycles. The summed E-state index contributed by atoms with van der Waals surface area (Å²) in [7, 11) is 0. The molecule has 0 spiro atoms. The number of anilines is 2. The van der Waals surface area contributed by atoms with E-state index in [0.29, 0.717) is 0 Å². The molecule has 2 aromatic carbocycles. The van der Waals surface area contributed by atoms with Gasteiger partial charge in [0.15, 0.2) is 11.6 Å². The minimum atomic E-state index is -0.121. The fraction of sp³-hybridized carbons (Fsp3) is 0. The van der Waals surface area contributed by atoms with E-state index in [1.54, 1.807) is 24.3 Å². The van der Waals surface area contributed by atoms with Crippen molar-refractivity contribution in [2.24, 2.45) is 9.98 Å². The Morgan fingerprint density at radius 2 is 1.00 bits per heavy atom. The van der Waals surface area contributed by atoms with E-state index in [0.717, 1.165) is 34.0 Å². The molecule has 33 heavy (non-hydrogen) atoms. The van der Waals surface area contributed by atoms with Gasteiger partial charge in [-0.15, -0.1) is 0 Å². The zero-order valence-electron chi connectivity index (χ0n) is 18.0. The molecular weight excluding hydrogens is 416 g/mol. The van der Waals surface area contributed by atoms with E-state index in [1.165, 1.54) is 24.3 Å². The van der Waals surface area contributed by atoms with Crippen LogP contribution in [0.4, 0.5) is 22.7 Å². The molecule has 0 saturated heterocycles. The summed E-state index contributed by atoms with van der Waals surface area (Å²) in [6.45, 7) is 7.30. The van der Waals surface area contributed by atoms with Gasteiger partial charge in [-0.1, -0.05) is 18.7 Å². The van der Waals surface area contributed by atoms with Gasteiger partial charge >= 0.3 is 0 Å². The van der Waals surface area contributed by atoms with E-state index in [-0.39, 0.29) is 17.0 Å². The molecule has 7 heteroatoms. The lowest BCUT2D eigenvalue weighted by atomic mass is 10.1. The van der Waals surface area contributed by atoms with Gasteiger partial charge in [0, 0.05) is 11.4 Å². The van der Waals surface area contributed by atoms with Crippen molar-refractivity contribution in [2.45, 2.75) is 0 Å². The Balaban J connectivity index is 0.000000271. The van der Waals surface area contributed by atoms with Gasteiger partial charge in [-0.25, -0.2) is 4.99 Å². The van der Waals surface area contributed by atoms with Gasteiger partial charge in [0.05, 0.1) is 17.1 Å². The van der Waals surface area contributed by atoms with Crippen molar-refractivity contribution >= 4 is 46.7 Å². The maximum Gasteiger partial charge on any atom is 0.178 e. The van der Waals surface area contributed by atoms with Crippen LogP contribution < -0.4 is 11.5 Å². The van der Waals surface area contributed by atoms with Gasteiger partial charge in [-0.05, 0) is 97.3 Å². The maximum atomic E-state index is 10.3. The van der Waals surface area contributed by atoms with E-state index >= 15 is 0 Å². The molecule has 168 valence electrons. The van der Waals surface area contributed by atoms with Crippen molar-refractivity contribution in [3.8, 4) is 0 Å². The average Bonchev–Trinajstić information content (AvgIpc) is 2.81. The summed E-state index contributed by atoms with van der Waals surface area (Å²) >= 11 is 0. The molecule has 0 bridgehead atoms. The molecule has 5 N–H and O–H groups in total. The predicted octanol–water partition coefficient (Wildman–Crippen LogP) is 4.70. The molecule has 7 nitrogen and oxygen atoms in total. The number of ketones is 2. The minimum absolute atomic E-state index is 0. The fourth-order valence-corrected chi connectivity index (χ4v) is 2.29. The Hall–Kier alpha value is -4.62. The number of nitrogen functional groups attached to an aromatic ring is 2. The fourth-order valence-electron chi connectivity index (χ4n) is 2.29. The highest BCUT2D eigenvalue weighted by Crippen LogP contribution is 2.19. The van der Waals surface area contributed by atoms with Gasteiger partial charge in [0.1, 0.15) is 0 Å². The molecule has 0 heterocycles. The summed E-state index contributed by atoms with van der Waals surface area (Å²) in [5.74, 6) is -0.241. The zero-order chi connectivity index (χ0) is 23.3. The van der Waals surface area contributed by atoms with Crippen LogP contribution >= 0.6 is 0 Å². The van der Waals surface area contributed by atoms with E-state index in [9.17, 15) is 9.59 Å². The molecule has 4 rings (SSSR count). The van der Waals surface area contributed by atoms with E-state index in [4.69, 9.17) is 11.5 Å². The van der Waals surface area contributed by atoms with E-state index in [1.807, 2.05) is 48.6 Å². The molecule has 0 radical (unpaired) electrons. The standard InChI is InChI=1S/C14H12N2.C6H8N2.C6H4O2.H2O/c1-11-3-5-13(6-4-11)16-14-9-7-12(15-2)8-10-14;2*7-5-1-2-6(8)4-3-5;/h3-10H,1-2H2;1-4H,7-8H2;1-4H;1H2/p-1. The minimum Gasteiger partial charge on any atom is -0.870 e. The van der Waals surface area contributed by atoms with Gasteiger partial charge in [-0.2, -0.15) is 0 Å². The van der Waals surface area contributed by atoms with Crippen LogP contribution in [0.3, 0.4) is 0 Å². The Kier molecular flexibility index (Phi) is 10.9. The summed E-state index contributed by atoms with van der Waals surface area (Å²) < 4.78 is 0. The summed E-state index contributed by atoms with van der Waals surface area (Å²) in [5, 5.41) is 0. The average molecular weight is 442 g/mol. The molecule has 0 aromatic heterocycles. The summed E-state index contributed by atoms with van der Waals surface area (Å²) in [6.07, 6.45) is 12.8. The molecular formula is C26H25N4O3-. The second-order valence-corrected chi connectivity index (χ2v) is 6.59. The zero-order valence-corrected chi connectivity index (χ0v) is 18.0. The highest BCUT2D eigenvalue weighted by molar-refractivity contribution is 6.14. The molecule has 0 atom stereocenters. The number of nitrogens with two attached hydrogens (primary N) is 2. The van der Waals surface area contributed by atoms with Crippen molar-refractivity contribution in [3.63, 3.8) is 0 Å². The van der Waals surface area contributed by atoms with Crippen molar-refractivity contribution in [2.75, 3.05) is 11.5 Å². The van der Waals surface area contributed by atoms with Crippen molar-refractivity contribution < 1.29 is 15.1 Å². The van der Waals surface area contributed by atoms with Crippen LogP contribution in [0.5, 0.6) is 0 Å². The third kappa shape index (κ3) is 10.3. The first-order chi connectivity index (χ1) is 15.4. The normalized spacial score (nSPS) is 13.2. The molecule has 0 amide bonds. The SMILES string of the molecule is C=Nc1ccc(N=C2C=CC(=C)C=C2)cc1.Nc1ccc(N)cc1.O=C1C=CC(=O)C=C1.[OH-]. The Morgan fingerprint density at radius 1 is 0.606 bits per heavy atom. The molecule has 2 aliphatic rings. The van der Waals surface area contributed by atoms with Crippen molar-refractivity contribution in [1.82, 2.24) is 0 Å². The monoisotopic (exact) mass is 441 g/mol. The Labute approximate surface area is 192 Å². The van der Waals surface area contributed by atoms with Crippen LogP contribution in [0.15, 0.2) is 119 Å². The van der Waals surface area contributed by atoms with Gasteiger partial charge < -0.3 is 16.9 Å². The molecule has 0 saturated carbocycles.